The normalized spacial score (nSPS) is 12.0. The molecule has 2 rings (SSSR count). The first-order valence-corrected chi connectivity index (χ1v) is 7.12. The summed E-state index contributed by atoms with van der Waals surface area (Å²) in [6.45, 7) is 4.40. The number of phenolic OH excluding ortho intramolecular Hbond substituents is 1. The molecule has 1 aromatic carbocycles. The van der Waals surface area contributed by atoms with E-state index in [-0.39, 0.29) is 17.7 Å². The van der Waals surface area contributed by atoms with Crippen molar-refractivity contribution in [2.45, 2.75) is 19.9 Å². The van der Waals surface area contributed by atoms with Crippen LogP contribution in [0.4, 0.5) is 0 Å². The number of rotatable bonds is 4. The van der Waals surface area contributed by atoms with Gasteiger partial charge in [0.25, 0.3) is 5.91 Å². The summed E-state index contributed by atoms with van der Waals surface area (Å²) in [4.78, 5) is 18.2. The van der Waals surface area contributed by atoms with Crippen molar-refractivity contribution in [1.29, 1.82) is 0 Å². The fourth-order valence-corrected chi connectivity index (χ4v) is 2.43. The van der Waals surface area contributed by atoms with Gasteiger partial charge in [-0.3, -0.25) is 4.79 Å². The van der Waals surface area contributed by atoms with Gasteiger partial charge in [0.2, 0.25) is 0 Å². The Balaban J connectivity index is 2.28. The average molecular weight is 305 g/mol. The van der Waals surface area contributed by atoms with Crippen molar-refractivity contribution in [2.75, 3.05) is 6.54 Å². The lowest BCUT2D eigenvalue weighted by atomic mass is 10.1. The summed E-state index contributed by atoms with van der Waals surface area (Å²) in [5.74, 6) is 0.0763. The number of aromatic nitrogens is 1. The highest BCUT2D eigenvalue weighted by Gasteiger charge is 2.21. The van der Waals surface area contributed by atoms with Gasteiger partial charge in [-0.05, 0) is 43.7 Å². The van der Waals surface area contributed by atoms with E-state index in [1.54, 1.807) is 35.2 Å². The van der Waals surface area contributed by atoms with Crippen LogP contribution in [0.25, 0.3) is 0 Å². The minimum absolute atomic E-state index is 0.113. The van der Waals surface area contributed by atoms with Gasteiger partial charge in [0.1, 0.15) is 10.9 Å². The number of hydrogen-bond acceptors (Lipinski definition) is 3. The van der Waals surface area contributed by atoms with Gasteiger partial charge in [0, 0.05) is 18.3 Å². The zero-order chi connectivity index (χ0) is 15.4. The maximum absolute atomic E-state index is 12.6. The van der Waals surface area contributed by atoms with Gasteiger partial charge in [-0.25, -0.2) is 4.98 Å². The van der Waals surface area contributed by atoms with Crippen LogP contribution in [0.1, 0.15) is 35.8 Å². The third-order valence-electron chi connectivity index (χ3n) is 3.40. The van der Waals surface area contributed by atoms with Gasteiger partial charge < -0.3 is 10.0 Å². The van der Waals surface area contributed by atoms with Crippen molar-refractivity contribution in [3.63, 3.8) is 0 Å². The largest absolute Gasteiger partial charge is 0.508 e. The third kappa shape index (κ3) is 3.52. The van der Waals surface area contributed by atoms with E-state index in [1.165, 1.54) is 6.20 Å². The molecule has 1 heterocycles. The number of carbonyl (C=O) groups excluding carboxylic acids is 1. The third-order valence-corrected chi connectivity index (χ3v) is 3.60. The predicted molar refractivity (Wildman–Crippen MR) is 82.5 cm³/mol. The van der Waals surface area contributed by atoms with Crippen molar-refractivity contribution in [3.05, 3.63) is 58.9 Å². The Labute approximate surface area is 129 Å². The van der Waals surface area contributed by atoms with Gasteiger partial charge >= 0.3 is 0 Å². The van der Waals surface area contributed by atoms with Crippen molar-refractivity contribution in [1.82, 2.24) is 9.88 Å². The lowest BCUT2D eigenvalue weighted by Crippen LogP contribution is -2.33. The Morgan fingerprint density at radius 3 is 2.76 bits per heavy atom. The molecule has 1 amide bonds. The summed E-state index contributed by atoms with van der Waals surface area (Å²) in [6.07, 6.45) is 1.52. The van der Waals surface area contributed by atoms with Crippen LogP contribution in [0.3, 0.4) is 0 Å². The van der Waals surface area contributed by atoms with Crippen LogP contribution in [0.15, 0.2) is 42.6 Å². The molecule has 5 heteroatoms. The number of halogens is 1. The maximum Gasteiger partial charge on any atom is 0.254 e. The van der Waals surface area contributed by atoms with Gasteiger partial charge in [0.15, 0.2) is 0 Å². The van der Waals surface area contributed by atoms with Crippen LogP contribution in [0.2, 0.25) is 5.15 Å². The highest BCUT2D eigenvalue weighted by atomic mass is 35.5. The molecule has 21 heavy (non-hydrogen) atoms. The van der Waals surface area contributed by atoms with Crippen LogP contribution in [-0.4, -0.2) is 27.4 Å². The zero-order valence-electron chi connectivity index (χ0n) is 12.0. The number of phenols is 1. The first kappa shape index (κ1) is 15.3. The molecule has 0 spiro atoms. The van der Waals surface area contributed by atoms with Crippen molar-refractivity contribution < 1.29 is 9.90 Å². The number of carbonyl (C=O) groups is 1. The Morgan fingerprint density at radius 1 is 1.38 bits per heavy atom. The van der Waals surface area contributed by atoms with E-state index in [1.807, 2.05) is 19.9 Å². The Kier molecular flexibility index (Phi) is 4.81. The lowest BCUT2D eigenvalue weighted by Gasteiger charge is -2.28. The first-order valence-electron chi connectivity index (χ1n) is 6.74. The quantitative estimate of drug-likeness (QED) is 0.877. The molecular formula is C16H17ClN2O2. The molecule has 1 N–H and O–H groups in total. The molecule has 2 aromatic rings. The van der Waals surface area contributed by atoms with Gasteiger partial charge in [0.05, 0.1) is 6.04 Å². The first-order chi connectivity index (χ1) is 10.0. The number of amides is 1. The second-order valence-electron chi connectivity index (χ2n) is 4.73. The fraction of sp³-hybridized carbons (Fsp3) is 0.250. The van der Waals surface area contributed by atoms with Crippen LogP contribution in [0.5, 0.6) is 5.75 Å². The number of benzene rings is 1. The van der Waals surface area contributed by atoms with Crippen molar-refractivity contribution >= 4 is 17.5 Å². The van der Waals surface area contributed by atoms with Crippen LogP contribution < -0.4 is 0 Å². The van der Waals surface area contributed by atoms with Gasteiger partial charge in [-0.1, -0.05) is 23.7 Å². The molecule has 0 aliphatic rings. The number of aromatic hydroxyl groups is 1. The summed E-state index contributed by atoms with van der Waals surface area (Å²) in [7, 11) is 0. The number of hydrogen-bond donors (Lipinski definition) is 1. The topological polar surface area (TPSA) is 53.4 Å². The van der Waals surface area contributed by atoms with E-state index in [0.717, 1.165) is 5.56 Å². The molecule has 0 bridgehead atoms. The molecule has 0 aliphatic carbocycles. The average Bonchev–Trinajstić information content (AvgIpc) is 2.47. The van der Waals surface area contributed by atoms with Crippen LogP contribution in [0, 0.1) is 0 Å². The molecular weight excluding hydrogens is 288 g/mol. The lowest BCUT2D eigenvalue weighted by molar-refractivity contribution is 0.0702. The van der Waals surface area contributed by atoms with Crippen LogP contribution >= 0.6 is 11.6 Å². The molecule has 110 valence electrons. The van der Waals surface area contributed by atoms with E-state index in [2.05, 4.69) is 4.98 Å². The molecule has 1 atom stereocenters. The minimum atomic E-state index is -0.151. The minimum Gasteiger partial charge on any atom is -0.508 e. The summed E-state index contributed by atoms with van der Waals surface area (Å²) >= 11 is 5.84. The fourth-order valence-electron chi connectivity index (χ4n) is 2.26. The molecule has 0 fully saturated rings. The standard InChI is InChI=1S/C16H17ClN2O2/c1-3-19(11(2)12-5-4-6-14(20)9-12)16(21)13-7-8-18-15(17)10-13/h4-11,20H,3H2,1-2H3. The number of nitrogens with zero attached hydrogens (tertiary/aromatic N) is 2. The summed E-state index contributed by atoms with van der Waals surface area (Å²) in [6, 6.07) is 9.98. The highest BCUT2D eigenvalue weighted by molar-refractivity contribution is 6.29. The summed E-state index contributed by atoms with van der Waals surface area (Å²) < 4.78 is 0. The van der Waals surface area contributed by atoms with E-state index in [0.29, 0.717) is 17.3 Å². The smallest absolute Gasteiger partial charge is 0.254 e. The molecule has 0 saturated heterocycles. The number of pyridine rings is 1. The summed E-state index contributed by atoms with van der Waals surface area (Å²) in [5, 5.41) is 9.87. The second kappa shape index (κ2) is 6.59. The molecule has 0 radical (unpaired) electrons. The van der Waals surface area contributed by atoms with Crippen molar-refractivity contribution in [2.24, 2.45) is 0 Å². The second-order valence-corrected chi connectivity index (χ2v) is 5.12. The Hall–Kier alpha value is -2.07. The molecule has 1 unspecified atom stereocenters. The Bertz CT molecular complexity index is 646. The molecule has 4 nitrogen and oxygen atoms in total. The van der Waals surface area contributed by atoms with E-state index in [9.17, 15) is 9.90 Å². The molecule has 1 aromatic heterocycles. The van der Waals surface area contributed by atoms with Gasteiger partial charge in [-0.15, -0.1) is 0 Å². The van der Waals surface area contributed by atoms with E-state index in [4.69, 9.17) is 11.6 Å². The van der Waals surface area contributed by atoms with E-state index >= 15 is 0 Å². The maximum atomic E-state index is 12.6. The molecule has 0 aliphatic heterocycles. The van der Waals surface area contributed by atoms with E-state index < -0.39 is 0 Å². The van der Waals surface area contributed by atoms with Gasteiger partial charge in [-0.2, -0.15) is 0 Å². The van der Waals surface area contributed by atoms with Crippen LogP contribution in [-0.2, 0) is 0 Å². The molecule has 0 saturated carbocycles. The van der Waals surface area contributed by atoms with Crippen molar-refractivity contribution in [3.8, 4) is 5.75 Å². The zero-order valence-corrected chi connectivity index (χ0v) is 12.7. The SMILES string of the molecule is CCN(C(=O)c1ccnc(Cl)c1)C(C)c1cccc(O)c1. The monoisotopic (exact) mass is 304 g/mol. The predicted octanol–water partition coefficient (Wildman–Crippen LogP) is 3.66. The summed E-state index contributed by atoms with van der Waals surface area (Å²) in [5.41, 5.74) is 1.38. The highest BCUT2D eigenvalue weighted by Crippen LogP contribution is 2.25. The Morgan fingerprint density at radius 2 is 2.14 bits per heavy atom.